The molecular formula is C19H20N4O2S. The van der Waals surface area contributed by atoms with Gasteiger partial charge in [-0.1, -0.05) is 23.9 Å². The molecular weight excluding hydrogens is 348 g/mol. The van der Waals surface area contributed by atoms with Crippen LogP contribution in [0.5, 0.6) is 11.5 Å². The first kappa shape index (κ1) is 18.0. The summed E-state index contributed by atoms with van der Waals surface area (Å²) in [7, 11) is 1.85. The number of rotatable bonds is 6. The van der Waals surface area contributed by atoms with Crippen molar-refractivity contribution in [3.8, 4) is 11.5 Å². The fraction of sp³-hybridized carbons (Fsp3) is 0.211. The van der Waals surface area contributed by atoms with Gasteiger partial charge < -0.3 is 14.6 Å². The SMILES string of the molecule is Cc1cccc(Oc2ccc(NC(=O)C(C)Sc3nncn3C)cc2)c1. The summed E-state index contributed by atoms with van der Waals surface area (Å²) < 4.78 is 7.60. The van der Waals surface area contributed by atoms with Crippen molar-refractivity contribution < 1.29 is 9.53 Å². The molecule has 0 radical (unpaired) electrons. The molecule has 0 saturated heterocycles. The highest BCUT2D eigenvalue weighted by atomic mass is 32.2. The van der Waals surface area contributed by atoms with E-state index in [0.717, 1.165) is 22.7 Å². The van der Waals surface area contributed by atoms with Gasteiger partial charge in [-0.15, -0.1) is 10.2 Å². The summed E-state index contributed by atoms with van der Waals surface area (Å²) in [6.45, 7) is 3.86. The van der Waals surface area contributed by atoms with E-state index in [-0.39, 0.29) is 11.2 Å². The zero-order valence-electron chi connectivity index (χ0n) is 14.8. The Morgan fingerprint density at radius 3 is 2.62 bits per heavy atom. The first-order valence-corrected chi connectivity index (χ1v) is 9.05. The van der Waals surface area contributed by atoms with Gasteiger partial charge in [0.25, 0.3) is 0 Å². The average molecular weight is 368 g/mol. The van der Waals surface area contributed by atoms with Gasteiger partial charge in [0.15, 0.2) is 5.16 Å². The number of ether oxygens (including phenoxy) is 1. The van der Waals surface area contributed by atoms with Gasteiger partial charge in [0.1, 0.15) is 17.8 Å². The van der Waals surface area contributed by atoms with Crippen molar-refractivity contribution in [3.63, 3.8) is 0 Å². The fourth-order valence-corrected chi connectivity index (χ4v) is 3.05. The number of hydrogen-bond donors (Lipinski definition) is 1. The number of amides is 1. The van der Waals surface area contributed by atoms with Crippen molar-refractivity contribution >= 4 is 23.4 Å². The van der Waals surface area contributed by atoms with E-state index in [4.69, 9.17) is 4.74 Å². The fourth-order valence-electron chi connectivity index (χ4n) is 2.26. The molecule has 6 nitrogen and oxygen atoms in total. The largest absolute Gasteiger partial charge is 0.457 e. The minimum atomic E-state index is -0.291. The number of carbonyl (C=O) groups excluding carboxylic acids is 1. The zero-order valence-corrected chi connectivity index (χ0v) is 15.7. The van der Waals surface area contributed by atoms with Crippen LogP contribution in [0.2, 0.25) is 0 Å². The summed E-state index contributed by atoms with van der Waals surface area (Å²) >= 11 is 1.36. The predicted octanol–water partition coefficient (Wildman–Crippen LogP) is 4.04. The molecule has 0 aliphatic carbocycles. The molecule has 26 heavy (non-hydrogen) atoms. The molecule has 0 spiro atoms. The Morgan fingerprint density at radius 2 is 1.96 bits per heavy atom. The standard InChI is InChI=1S/C19H20N4O2S/c1-13-5-4-6-17(11-13)25-16-9-7-15(8-10-16)21-18(24)14(2)26-19-22-20-12-23(19)3/h4-12,14H,1-3H3,(H,21,24). The number of hydrogen-bond acceptors (Lipinski definition) is 5. The molecule has 3 aromatic rings. The quantitative estimate of drug-likeness (QED) is 0.665. The highest BCUT2D eigenvalue weighted by Gasteiger charge is 2.17. The van der Waals surface area contributed by atoms with E-state index in [9.17, 15) is 4.79 Å². The van der Waals surface area contributed by atoms with Crippen molar-refractivity contribution in [1.82, 2.24) is 14.8 Å². The molecule has 0 fully saturated rings. The van der Waals surface area contributed by atoms with E-state index < -0.39 is 0 Å². The lowest BCUT2D eigenvalue weighted by Crippen LogP contribution is -2.22. The van der Waals surface area contributed by atoms with Gasteiger partial charge >= 0.3 is 0 Å². The zero-order chi connectivity index (χ0) is 18.5. The van der Waals surface area contributed by atoms with E-state index in [0.29, 0.717) is 5.16 Å². The van der Waals surface area contributed by atoms with E-state index in [1.54, 1.807) is 10.9 Å². The number of thioether (sulfide) groups is 1. The van der Waals surface area contributed by atoms with Gasteiger partial charge in [-0.2, -0.15) is 0 Å². The van der Waals surface area contributed by atoms with Gasteiger partial charge in [0.2, 0.25) is 5.91 Å². The number of nitrogens with one attached hydrogen (secondary N) is 1. The summed E-state index contributed by atoms with van der Waals surface area (Å²) in [4.78, 5) is 12.3. The molecule has 2 aromatic carbocycles. The van der Waals surface area contributed by atoms with Crippen molar-refractivity contribution in [2.75, 3.05) is 5.32 Å². The first-order valence-electron chi connectivity index (χ1n) is 8.17. The molecule has 0 aliphatic heterocycles. The molecule has 134 valence electrons. The van der Waals surface area contributed by atoms with Crippen LogP contribution in [-0.4, -0.2) is 25.9 Å². The van der Waals surface area contributed by atoms with Crippen LogP contribution in [0, 0.1) is 6.92 Å². The van der Waals surface area contributed by atoms with Gasteiger partial charge in [0.05, 0.1) is 5.25 Å². The smallest absolute Gasteiger partial charge is 0.237 e. The minimum absolute atomic E-state index is 0.0923. The Balaban J connectivity index is 1.58. The molecule has 1 unspecified atom stereocenters. The normalized spacial score (nSPS) is 11.8. The third kappa shape index (κ3) is 4.64. The lowest BCUT2D eigenvalue weighted by Gasteiger charge is -2.12. The average Bonchev–Trinajstić information content (AvgIpc) is 3.01. The molecule has 0 bridgehead atoms. The number of anilines is 1. The second-order valence-electron chi connectivity index (χ2n) is 5.92. The van der Waals surface area contributed by atoms with E-state index in [1.165, 1.54) is 11.8 Å². The van der Waals surface area contributed by atoms with Crippen LogP contribution in [0.4, 0.5) is 5.69 Å². The Morgan fingerprint density at radius 1 is 1.19 bits per heavy atom. The Bertz CT molecular complexity index is 893. The summed E-state index contributed by atoms with van der Waals surface area (Å²) in [5, 5.41) is 11.1. The maximum Gasteiger partial charge on any atom is 0.237 e. The van der Waals surface area contributed by atoms with Crippen molar-refractivity contribution in [3.05, 3.63) is 60.4 Å². The number of carbonyl (C=O) groups is 1. The van der Waals surface area contributed by atoms with Gasteiger partial charge in [-0.3, -0.25) is 4.79 Å². The van der Waals surface area contributed by atoms with Crippen LogP contribution in [-0.2, 0) is 11.8 Å². The molecule has 3 rings (SSSR count). The van der Waals surface area contributed by atoms with E-state index in [1.807, 2.05) is 69.4 Å². The van der Waals surface area contributed by atoms with Crippen molar-refractivity contribution in [2.45, 2.75) is 24.3 Å². The molecule has 1 aromatic heterocycles. The Hall–Kier alpha value is -2.80. The Kier molecular flexibility index (Phi) is 5.58. The minimum Gasteiger partial charge on any atom is -0.457 e. The number of aromatic nitrogens is 3. The van der Waals surface area contributed by atoms with Crippen LogP contribution in [0.3, 0.4) is 0 Å². The lowest BCUT2D eigenvalue weighted by molar-refractivity contribution is -0.115. The monoisotopic (exact) mass is 368 g/mol. The predicted molar refractivity (Wildman–Crippen MR) is 103 cm³/mol. The maximum atomic E-state index is 12.3. The number of benzene rings is 2. The second-order valence-corrected chi connectivity index (χ2v) is 7.22. The summed E-state index contributed by atoms with van der Waals surface area (Å²) in [6.07, 6.45) is 1.61. The first-order chi connectivity index (χ1) is 12.5. The molecule has 0 aliphatic rings. The topological polar surface area (TPSA) is 69.0 Å². The molecule has 1 N–H and O–H groups in total. The van der Waals surface area contributed by atoms with Gasteiger partial charge in [-0.05, 0) is 55.8 Å². The van der Waals surface area contributed by atoms with Gasteiger partial charge in [-0.25, -0.2) is 0 Å². The lowest BCUT2D eigenvalue weighted by atomic mass is 10.2. The summed E-state index contributed by atoms with van der Waals surface area (Å²) in [6, 6.07) is 15.2. The highest BCUT2D eigenvalue weighted by Crippen LogP contribution is 2.25. The van der Waals surface area contributed by atoms with Crippen LogP contribution in [0.15, 0.2) is 60.0 Å². The number of nitrogens with zero attached hydrogens (tertiary/aromatic N) is 3. The van der Waals surface area contributed by atoms with Crippen LogP contribution in [0.1, 0.15) is 12.5 Å². The van der Waals surface area contributed by atoms with Crippen LogP contribution >= 0.6 is 11.8 Å². The third-order valence-corrected chi connectivity index (χ3v) is 4.82. The molecule has 0 saturated carbocycles. The molecule has 7 heteroatoms. The molecule has 1 heterocycles. The van der Waals surface area contributed by atoms with E-state index in [2.05, 4.69) is 15.5 Å². The van der Waals surface area contributed by atoms with Crippen molar-refractivity contribution in [1.29, 1.82) is 0 Å². The highest BCUT2D eigenvalue weighted by molar-refractivity contribution is 8.00. The van der Waals surface area contributed by atoms with Crippen LogP contribution < -0.4 is 10.1 Å². The van der Waals surface area contributed by atoms with Gasteiger partial charge in [0, 0.05) is 12.7 Å². The second kappa shape index (κ2) is 8.05. The maximum absolute atomic E-state index is 12.3. The summed E-state index contributed by atoms with van der Waals surface area (Å²) in [5.74, 6) is 1.41. The molecule has 1 amide bonds. The molecule has 1 atom stereocenters. The van der Waals surface area contributed by atoms with Crippen LogP contribution in [0.25, 0.3) is 0 Å². The third-order valence-electron chi connectivity index (χ3n) is 3.67. The Labute approximate surface area is 156 Å². The number of aryl methyl sites for hydroxylation is 2. The summed E-state index contributed by atoms with van der Waals surface area (Å²) in [5.41, 5.74) is 1.86. The van der Waals surface area contributed by atoms with E-state index >= 15 is 0 Å². The van der Waals surface area contributed by atoms with Crippen molar-refractivity contribution in [2.24, 2.45) is 7.05 Å².